The summed E-state index contributed by atoms with van der Waals surface area (Å²) in [7, 11) is 1.42. The molecule has 1 N–H and O–H groups in total. The fourth-order valence-corrected chi connectivity index (χ4v) is 2.56. The molecule has 0 heterocycles. The van der Waals surface area contributed by atoms with E-state index in [4.69, 9.17) is 9.84 Å². The largest absolute Gasteiger partial charge is 0.505 e. The van der Waals surface area contributed by atoms with E-state index in [1.165, 1.54) is 19.3 Å². The van der Waals surface area contributed by atoms with Crippen molar-refractivity contribution < 1.29 is 23.0 Å². The summed E-state index contributed by atoms with van der Waals surface area (Å²) in [6.45, 7) is 11.2. The van der Waals surface area contributed by atoms with Crippen molar-refractivity contribution in [2.45, 2.75) is 39.5 Å². The molecule has 0 bridgehead atoms. The van der Waals surface area contributed by atoms with Crippen LogP contribution in [0.15, 0.2) is 48.5 Å². The number of halogens is 3. The van der Waals surface area contributed by atoms with Gasteiger partial charge in [0, 0.05) is 6.08 Å². The highest BCUT2D eigenvalue weighted by molar-refractivity contribution is 5.30. The molecule has 2 atom stereocenters. The number of phenolic OH excluding ortho intramolecular Hbond substituents is 1. The number of aryl methyl sites for hydroxylation is 1. The van der Waals surface area contributed by atoms with E-state index in [9.17, 15) is 13.2 Å². The van der Waals surface area contributed by atoms with Crippen LogP contribution >= 0.6 is 0 Å². The Balaban J connectivity index is 2.50. The fraction of sp³-hybridized carbons (Fsp3) is 0.429. The smallest absolute Gasteiger partial charge is 0.200 e. The minimum Gasteiger partial charge on any atom is -0.505 e. The Morgan fingerprint density at radius 3 is 2.42 bits per heavy atom. The number of ether oxygens (including phenoxy) is 1. The Hall–Kier alpha value is -2.17. The van der Waals surface area contributed by atoms with Gasteiger partial charge < -0.3 is 9.84 Å². The van der Waals surface area contributed by atoms with Crippen molar-refractivity contribution in [2.24, 2.45) is 11.8 Å². The quantitative estimate of drug-likeness (QED) is 0.392. The molecule has 26 heavy (non-hydrogen) atoms. The lowest BCUT2D eigenvalue weighted by Crippen LogP contribution is -2.05. The topological polar surface area (TPSA) is 29.5 Å². The van der Waals surface area contributed by atoms with Crippen molar-refractivity contribution in [1.82, 2.24) is 0 Å². The average Bonchev–Trinajstić information content (AvgIpc) is 2.62. The molecule has 1 aromatic rings. The first-order chi connectivity index (χ1) is 12.2. The minimum absolute atomic E-state index is 0.0544. The lowest BCUT2D eigenvalue weighted by atomic mass is 9.89. The summed E-state index contributed by atoms with van der Waals surface area (Å²) in [6.07, 6.45) is 3.79. The van der Waals surface area contributed by atoms with Crippen LogP contribution in [0.1, 0.15) is 38.7 Å². The van der Waals surface area contributed by atoms with Gasteiger partial charge in [0.15, 0.2) is 11.6 Å². The third kappa shape index (κ3) is 6.28. The standard InChI is InChI=1S/C21H27F3O2/c1-13(7-9-17-10-11-19(25)21(24)20(17)23)6-8-14(2)16(4)18(22)12-15(3)26-5/h10-14,25H,3-4,6-9H2,1-2,5H3/b18-12+. The maximum Gasteiger partial charge on any atom is 0.200 e. The third-order valence-electron chi connectivity index (χ3n) is 4.59. The molecule has 0 aliphatic heterocycles. The summed E-state index contributed by atoms with van der Waals surface area (Å²) in [5.74, 6) is -2.91. The summed E-state index contributed by atoms with van der Waals surface area (Å²) >= 11 is 0. The normalized spacial score (nSPS) is 14.0. The predicted octanol–water partition coefficient (Wildman–Crippen LogP) is 6.23. The van der Waals surface area contributed by atoms with Gasteiger partial charge in [-0.2, -0.15) is 4.39 Å². The SMILES string of the molecule is C=C(/C=C(/F)C(=C)C(C)CCC(C)CCc1ccc(O)c(F)c1F)OC. The molecule has 0 saturated carbocycles. The second kappa shape index (κ2) is 10.1. The van der Waals surface area contributed by atoms with E-state index in [0.717, 1.165) is 18.9 Å². The van der Waals surface area contributed by atoms with Crippen LogP contribution in [0.2, 0.25) is 0 Å². The zero-order valence-corrected chi connectivity index (χ0v) is 15.6. The first-order valence-corrected chi connectivity index (χ1v) is 8.62. The van der Waals surface area contributed by atoms with E-state index in [-0.39, 0.29) is 23.2 Å². The first-order valence-electron chi connectivity index (χ1n) is 8.62. The van der Waals surface area contributed by atoms with Crippen molar-refractivity contribution in [3.63, 3.8) is 0 Å². The van der Waals surface area contributed by atoms with E-state index >= 15 is 0 Å². The maximum absolute atomic E-state index is 14.0. The van der Waals surface area contributed by atoms with E-state index in [1.54, 1.807) is 0 Å². The molecule has 144 valence electrons. The molecule has 2 nitrogen and oxygen atoms in total. The van der Waals surface area contributed by atoms with Crippen LogP contribution in [0, 0.1) is 23.5 Å². The van der Waals surface area contributed by atoms with Crippen molar-refractivity contribution in [1.29, 1.82) is 0 Å². The molecule has 1 rings (SSSR count). The first kappa shape index (κ1) is 21.9. The summed E-state index contributed by atoms with van der Waals surface area (Å²) < 4.78 is 45.9. The summed E-state index contributed by atoms with van der Waals surface area (Å²) in [5.41, 5.74) is 0.638. The van der Waals surface area contributed by atoms with Gasteiger partial charge in [-0.1, -0.05) is 39.5 Å². The predicted molar refractivity (Wildman–Crippen MR) is 98.4 cm³/mol. The number of methoxy groups -OCH3 is 1. The summed E-state index contributed by atoms with van der Waals surface area (Å²) in [5, 5.41) is 9.14. The number of aromatic hydroxyl groups is 1. The Morgan fingerprint density at radius 2 is 1.81 bits per heavy atom. The van der Waals surface area contributed by atoms with Crippen molar-refractivity contribution in [3.8, 4) is 5.75 Å². The van der Waals surface area contributed by atoms with Crippen LogP contribution in [0.4, 0.5) is 13.2 Å². The van der Waals surface area contributed by atoms with Crippen LogP contribution in [-0.4, -0.2) is 12.2 Å². The third-order valence-corrected chi connectivity index (χ3v) is 4.59. The van der Waals surface area contributed by atoms with E-state index in [1.807, 2.05) is 13.8 Å². The zero-order chi connectivity index (χ0) is 19.9. The molecule has 0 spiro atoms. The number of benzene rings is 1. The molecular weight excluding hydrogens is 341 g/mol. The fourth-order valence-electron chi connectivity index (χ4n) is 2.56. The average molecular weight is 368 g/mol. The molecule has 0 fully saturated rings. The highest BCUT2D eigenvalue weighted by Gasteiger charge is 2.16. The van der Waals surface area contributed by atoms with Gasteiger partial charge in [-0.05, 0) is 48.3 Å². The van der Waals surface area contributed by atoms with Gasteiger partial charge in [0.05, 0.1) is 7.11 Å². The number of hydrogen-bond donors (Lipinski definition) is 1. The lowest BCUT2D eigenvalue weighted by Gasteiger charge is -2.17. The number of allylic oxidation sites excluding steroid dienone is 3. The van der Waals surface area contributed by atoms with Gasteiger partial charge in [0.2, 0.25) is 5.82 Å². The second-order valence-electron chi connectivity index (χ2n) is 6.68. The van der Waals surface area contributed by atoms with Crippen molar-refractivity contribution in [2.75, 3.05) is 7.11 Å². The van der Waals surface area contributed by atoms with Crippen LogP contribution in [0.5, 0.6) is 5.75 Å². The van der Waals surface area contributed by atoms with Gasteiger partial charge >= 0.3 is 0 Å². The van der Waals surface area contributed by atoms with Gasteiger partial charge in [0.1, 0.15) is 11.6 Å². The molecule has 1 aromatic carbocycles. The molecule has 0 aliphatic carbocycles. The zero-order valence-electron chi connectivity index (χ0n) is 15.6. The molecule has 0 radical (unpaired) electrons. The summed E-state index contributed by atoms with van der Waals surface area (Å²) in [6, 6.07) is 2.56. The van der Waals surface area contributed by atoms with Gasteiger partial charge in [-0.15, -0.1) is 0 Å². The highest BCUT2D eigenvalue weighted by atomic mass is 19.2. The highest BCUT2D eigenvalue weighted by Crippen LogP contribution is 2.28. The van der Waals surface area contributed by atoms with Crippen LogP contribution < -0.4 is 0 Å². The van der Waals surface area contributed by atoms with E-state index in [2.05, 4.69) is 13.2 Å². The Bertz CT molecular complexity index is 680. The molecule has 0 aromatic heterocycles. The van der Waals surface area contributed by atoms with E-state index in [0.29, 0.717) is 18.4 Å². The van der Waals surface area contributed by atoms with Crippen LogP contribution in [-0.2, 0) is 11.2 Å². The summed E-state index contributed by atoms with van der Waals surface area (Å²) in [4.78, 5) is 0. The van der Waals surface area contributed by atoms with E-state index < -0.39 is 23.2 Å². The molecule has 0 saturated heterocycles. The van der Waals surface area contributed by atoms with Crippen molar-refractivity contribution >= 4 is 0 Å². The minimum atomic E-state index is -1.21. The number of rotatable bonds is 10. The molecule has 0 aliphatic rings. The Morgan fingerprint density at radius 1 is 1.15 bits per heavy atom. The van der Waals surface area contributed by atoms with Crippen molar-refractivity contribution in [3.05, 3.63) is 65.7 Å². The Labute approximate surface area is 153 Å². The molecule has 0 amide bonds. The molecule has 5 heteroatoms. The molecule has 2 unspecified atom stereocenters. The second-order valence-corrected chi connectivity index (χ2v) is 6.68. The Kier molecular flexibility index (Phi) is 8.49. The number of phenols is 1. The van der Waals surface area contributed by atoms with Gasteiger partial charge in [-0.25, -0.2) is 8.78 Å². The maximum atomic E-state index is 14.0. The van der Waals surface area contributed by atoms with Crippen LogP contribution in [0.25, 0.3) is 0 Å². The monoisotopic (exact) mass is 368 g/mol. The molecular formula is C21H27F3O2. The lowest BCUT2D eigenvalue weighted by molar-refractivity contribution is 0.307. The van der Waals surface area contributed by atoms with Crippen LogP contribution in [0.3, 0.4) is 0 Å². The van der Waals surface area contributed by atoms with Gasteiger partial charge in [0.25, 0.3) is 0 Å². The van der Waals surface area contributed by atoms with Gasteiger partial charge in [-0.3, -0.25) is 0 Å². The number of hydrogen-bond acceptors (Lipinski definition) is 2.